The summed E-state index contributed by atoms with van der Waals surface area (Å²) in [5.41, 5.74) is -1.96. The van der Waals surface area contributed by atoms with E-state index in [4.69, 9.17) is 0 Å². The maximum absolute atomic E-state index is 13.1. The van der Waals surface area contributed by atoms with Crippen LogP contribution in [0.1, 0.15) is 34.8 Å². The second-order valence-corrected chi connectivity index (χ2v) is 4.14. The topological polar surface area (TPSA) is 48.4 Å². The van der Waals surface area contributed by atoms with Crippen molar-refractivity contribution in [1.29, 1.82) is 0 Å². The highest BCUT2D eigenvalue weighted by molar-refractivity contribution is 9.08. The first-order valence-electron chi connectivity index (χ1n) is 5.50. The molecule has 10 heteroatoms. The molecular formula is C11H9BrF5NO3. The normalized spacial score (nSPS) is 11.6. The SMILES string of the molecule is CCOC(=O)c1c(CBr)cnc(OC(F)(F)F)c1C(F)F. The number of carbonyl (C=O) groups excluding carboxylic acids is 1. The molecule has 0 N–H and O–H groups in total. The zero-order chi connectivity index (χ0) is 16.2. The van der Waals surface area contributed by atoms with Gasteiger partial charge in [0.1, 0.15) is 0 Å². The van der Waals surface area contributed by atoms with Gasteiger partial charge in [-0.3, -0.25) is 0 Å². The van der Waals surface area contributed by atoms with Crippen LogP contribution in [0.25, 0.3) is 0 Å². The fourth-order valence-electron chi connectivity index (χ4n) is 1.49. The first-order chi connectivity index (χ1) is 9.71. The second kappa shape index (κ2) is 7.01. The Labute approximate surface area is 124 Å². The predicted molar refractivity (Wildman–Crippen MR) is 64.5 cm³/mol. The molecule has 0 saturated heterocycles. The van der Waals surface area contributed by atoms with Gasteiger partial charge < -0.3 is 9.47 Å². The third-order valence-electron chi connectivity index (χ3n) is 2.21. The Kier molecular flexibility index (Phi) is 5.87. The number of halogens is 6. The monoisotopic (exact) mass is 377 g/mol. The third-order valence-corrected chi connectivity index (χ3v) is 2.82. The van der Waals surface area contributed by atoms with E-state index in [0.29, 0.717) is 0 Å². The molecule has 118 valence electrons. The fourth-order valence-corrected chi connectivity index (χ4v) is 1.91. The van der Waals surface area contributed by atoms with Crippen molar-refractivity contribution in [3.8, 4) is 5.88 Å². The molecule has 0 saturated carbocycles. The van der Waals surface area contributed by atoms with Gasteiger partial charge >= 0.3 is 12.3 Å². The van der Waals surface area contributed by atoms with Crippen molar-refractivity contribution in [3.63, 3.8) is 0 Å². The first kappa shape index (κ1) is 17.6. The van der Waals surface area contributed by atoms with Gasteiger partial charge in [-0.15, -0.1) is 13.2 Å². The Hall–Kier alpha value is -1.45. The lowest BCUT2D eigenvalue weighted by atomic mass is 10.1. The molecule has 0 radical (unpaired) electrons. The Morgan fingerprint density at radius 3 is 2.48 bits per heavy atom. The smallest absolute Gasteiger partial charge is 0.462 e. The van der Waals surface area contributed by atoms with Crippen molar-refractivity contribution >= 4 is 21.9 Å². The van der Waals surface area contributed by atoms with Crippen LogP contribution in [0, 0.1) is 0 Å². The average Bonchev–Trinajstić information content (AvgIpc) is 2.36. The molecule has 21 heavy (non-hydrogen) atoms. The summed E-state index contributed by atoms with van der Waals surface area (Å²) in [6.45, 7) is 1.31. The molecule has 0 unspecified atom stereocenters. The first-order valence-corrected chi connectivity index (χ1v) is 6.62. The lowest BCUT2D eigenvalue weighted by Crippen LogP contribution is -2.21. The Bertz CT molecular complexity index is 521. The number of pyridine rings is 1. The van der Waals surface area contributed by atoms with E-state index in [0.717, 1.165) is 6.20 Å². The van der Waals surface area contributed by atoms with Gasteiger partial charge in [0.15, 0.2) is 0 Å². The Morgan fingerprint density at radius 1 is 1.43 bits per heavy atom. The molecule has 0 amide bonds. The molecule has 0 aliphatic heterocycles. The van der Waals surface area contributed by atoms with Crippen molar-refractivity contribution in [1.82, 2.24) is 4.98 Å². The molecule has 0 aliphatic carbocycles. The molecule has 4 nitrogen and oxygen atoms in total. The Balaban J connectivity index is 3.48. The van der Waals surface area contributed by atoms with Crippen LogP contribution in [0.2, 0.25) is 0 Å². The standard InChI is InChI=1S/C11H9BrF5NO3/c1-2-20-10(19)6-5(3-12)4-18-9(7(6)8(13)14)21-11(15,16)17/h4,8H,2-3H2,1H3. The molecular weight excluding hydrogens is 369 g/mol. The quantitative estimate of drug-likeness (QED) is 0.442. The van der Waals surface area contributed by atoms with Crippen LogP contribution in [0.15, 0.2) is 6.20 Å². The highest BCUT2D eigenvalue weighted by Gasteiger charge is 2.37. The zero-order valence-electron chi connectivity index (χ0n) is 10.5. The molecule has 0 fully saturated rings. The van der Waals surface area contributed by atoms with E-state index in [9.17, 15) is 26.7 Å². The van der Waals surface area contributed by atoms with E-state index in [1.165, 1.54) is 6.92 Å². The van der Waals surface area contributed by atoms with Crippen molar-refractivity contribution in [3.05, 3.63) is 22.9 Å². The average molecular weight is 378 g/mol. The van der Waals surface area contributed by atoms with Gasteiger partial charge in [0.25, 0.3) is 6.43 Å². The summed E-state index contributed by atoms with van der Waals surface area (Å²) in [4.78, 5) is 14.9. The number of alkyl halides is 6. The summed E-state index contributed by atoms with van der Waals surface area (Å²) in [5, 5.41) is -0.0693. The van der Waals surface area contributed by atoms with Gasteiger partial charge in [-0.25, -0.2) is 18.6 Å². The van der Waals surface area contributed by atoms with Crippen molar-refractivity contribution in [2.24, 2.45) is 0 Å². The summed E-state index contributed by atoms with van der Waals surface area (Å²) < 4.78 is 70.8. The van der Waals surface area contributed by atoms with E-state index >= 15 is 0 Å². The number of rotatable bonds is 5. The number of ether oxygens (including phenoxy) is 2. The fraction of sp³-hybridized carbons (Fsp3) is 0.455. The molecule has 0 aromatic carbocycles. The third kappa shape index (κ3) is 4.51. The van der Waals surface area contributed by atoms with E-state index in [2.05, 4.69) is 30.4 Å². The minimum atomic E-state index is -5.21. The highest BCUT2D eigenvalue weighted by atomic mass is 79.9. The van der Waals surface area contributed by atoms with Gasteiger partial charge in [-0.1, -0.05) is 15.9 Å². The molecule has 1 aromatic rings. The molecule has 0 aliphatic rings. The molecule has 1 heterocycles. The molecule has 1 aromatic heterocycles. The number of hydrogen-bond acceptors (Lipinski definition) is 4. The van der Waals surface area contributed by atoms with Gasteiger partial charge in [0.05, 0.1) is 17.7 Å². The van der Waals surface area contributed by atoms with E-state index < -0.39 is 35.8 Å². The summed E-state index contributed by atoms with van der Waals surface area (Å²) in [6.07, 6.45) is -7.76. The van der Waals surface area contributed by atoms with Gasteiger partial charge in [-0.2, -0.15) is 0 Å². The van der Waals surface area contributed by atoms with Crippen molar-refractivity contribution in [2.75, 3.05) is 6.61 Å². The maximum Gasteiger partial charge on any atom is 0.574 e. The summed E-state index contributed by atoms with van der Waals surface area (Å²) in [6, 6.07) is 0. The molecule has 1 rings (SSSR count). The van der Waals surface area contributed by atoms with Crippen LogP contribution in [0.5, 0.6) is 5.88 Å². The predicted octanol–water partition coefficient (Wildman–Crippen LogP) is 3.99. The number of carbonyl (C=O) groups is 1. The summed E-state index contributed by atoms with van der Waals surface area (Å²) in [5.74, 6) is -2.54. The van der Waals surface area contributed by atoms with Gasteiger partial charge in [-0.05, 0) is 12.5 Å². The lowest BCUT2D eigenvalue weighted by Gasteiger charge is -2.16. The number of esters is 1. The van der Waals surface area contributed by atoms with Crippen LogP contribution < -0.4 is 4.74 Å². The zero-order valence-corrected chi connectivity index (χ0v) is 12.1. The Morgan fingerprint density at radius 2 is 2.05 bits per heavy atom. The lowest BCUT2D eigenvalue weighted by molar-refractivity contribution is -0.276. The highest BCUT2D eigenvalue weighted by Crippen LogP contribution is 2.36. The molecule has 0 atom stereocenters. The van der Waals surface area contributed by atoms with Crippen LogP contribution in [0.3, 0.4) is 0 Å². The summed E-state index contributed by atoms with van der Waals surface area (Å²) >= 11 is 2.94. The molecule has 0 spiro atoms. The van der Waals surface area contributed by atoms with Crippen LogP contribution in [0.4, 0.5) is 22.0 Å². The minimum absolute atomic E-state index is 0.0294. The van der Waals surface area contributed by atoms with Crippen LogP contribution >= 0.6 is 15.9 Å². The van der Waals surface area contributed by atoms with E-state index in [-0.39, 0.29) is 17.5 Å². The van der Waals surface area contributed by atoms with Crippen molar-refractivity contribution in [2.45, 2.75) is 25.0 Å². The van der Waals surface area contributed by atoms with Gasteiger partial charge in [0.2, 0.25) is 5.88 Å². The number of nitrogens with zero attached hydrogens (tertiary/aromatic N) is 1. The molecule has 0 bridgehead atoms. The van der Waals surface area contributed by atoms with Gasteiger partial charge in [0, 0.05) is 11.5 Å². The van der Waals surface area contributed by atoms with E-state index in [1.54, 1.807) is 0 Å². The number of hydrogen-bond donors (Lipinski definition) is 0. The van der Waals surface area contributed by atoms with Crippen LogP contribution in [-0.4, -0.2) is 23.9 Å². The van der Waals surface area contributed by atoms with Crippen molar-refractivity contribution < 1.29 is 36.2 Å². The van der Waals surface area contributed by atoms with Crippen LogP contribution in [-0.2, 0) is 10.1 Å². The van der Waals surface area contributed by atoms with E-state index in [1.807, 2.05) is 0 Å². The second-order valence-electron chi connectivity index (χ2n) is 3.58. The largest absolute Gasteiger partial charge is 0.574 e. The maximum atomic E-state index is 13.1. The number of aromatic nitrogens is 1. The summed E-state index contributed by atoms with van der Waals surface area (Å²) in [7, 11) is 0. The minimum Gasteiger partial charge on any atom is -0.462 e.